The molecule has 1 rings (SSSR count). The molecule has 7 heteroatoms. The van der Waals surface area contributed by atoms with Crippen LogP contribution in [-0.4, -0.2) is 35.2 Å². The number of hydrogen-bond donors (Lipinski definition) is 3. The van der Waals surface area contributed by atoms with E-state index in [0.717, 1.165) is 0 Å². The molecule has 0 bridgehead atoms. The Labute approximate surface area is 107 Å². The van der Waals surface area contributed by atoms with Crippen molar-refractivity contribution in [3.63, 3.8) is 0 Å². The van der Waals surface area contributed by atoms with Crippen molar-refractivity contribution in [2.24, 2.45) is 0 Å². The quantitative estimate of drug-likeness (QED) is 0.686. The third-order valence-corrected chi connectivity index (χ3v) is 1.94. The zero-order valence-electron chi connectivity index (χ0n) is 11.3. The van der Waals surface area contributed by atoms with E-state index in [-0.39, 0.29) is 11.4 Å². The smallest absolute Gasteiger partial charge is 0.315 e. The molecule has 0 spiro atoms. The molecule has 3 N–H and O–H groups in total. The fourth-order valence-corrected chi connectivity index (χ4v) is 1.31. The van der Waals surface area contributed by atoms with Gasteiger partial charge in [-0.1, -0.05) is 5.10 Å². The molecule has 7 nitrogen and oxygen atoms in total. The molecule has 18 heavy (non-hydrogen) atoms. The van der Waals surface area contributed by atoms with Gasteiger partial charge in [-0.25, -0.2) is 0 Å². The fourth-order valence-electron chi connectivity index (χ4n) is 1.31. The molecule has 0 radical (unpaired) electrons. The van der Waals surface area contributed by atoms with E-state index in [1.165, 1.54) is 0 Å². The highest BCUT2D eigenvalue weighted by Gasteiger charge is 2.13. The number of aromatic nitrogens is 2. The number of hydrogen-bond acceptors (Lipinski definition) is 6. The first kappa shape index (κ1) is 14.4. The van der Waals surface area contributed by atoms with Crippen LogP contribution in [0, 0.1) is 0 Å². The van der Waals surface area contributed by atoms with Gasteiger partial charge in [0.1, 0.15) is 0 Å². The predicted molar refractivity (Wildman–Crippen MR) is 68.1 cm³/mol. The second-order valence-corrected chi connectivity index (χ2v) is 5.01. The first-order valence-corrected chi connectivity index (χ1v) is 5.92. The van der Waals surface area contributed by atoms with E-state index in [9.17, 15) is 4.79 Å². The van der Waals surface area contributed by atoms with E-state index < -0.39 is 0 Å². The van der Waals surface area contributed by atoms with Crippen molar-refractivity contribution in [2.45, 2.75) is 39.3 Å². The van der Waals surface area contributed by atoms with E-state index in [0.29, 0.717) is 31.4 Å². The van der Waals surface area contributed by atoms with Crippen molar-refractivity contribution in [1.82, 2.24) is 20.8 Å². The molecule has 0 aliphatic heterocycles. The Morgan fingerprint density at radius 3 is 2.67 bits per heavy atom. The Kier molecular flexibility index (Phi) is 5.08. The normalized spacial score (nSPS) is 11.3. The van der Waals surface area contributed by atoms with Gasteiger partial charge in [-0.2, -0.15) is 0 Å². The summed E-state index contributed by atoms with van der Waals surface area (Å²) in [4.78, 5) is 11.5. The van der Waals surface area contributed by atoms with Gasteiger partial charge in [0.2, 0.25) is 11.8 Å². The molecule has 1 aromatic heterocycles. The molecule has 1 aromatic rings. The van der Waals surface area contributed by atoms with Crippen LogP contribution in [0.15, 0.2) is 4.42 Å². The molecule has 0 saturated heterocycles. The number of anilines is 1. The minimum atomic E-state index is -0.207. The zero-order chi connectivity index (χ0) is 13.6. The molecule has 0 aliphatic carbocycles. The van der Waals surface area contributed by atoms with Crippen molar-refractivity contribution in [1.29, 1.82) is 0 Å². The summed E-state index contributed by atoms with van der Waals surface area (Å²) >= 11 is 0. The number of carbonyl (C=O) groups excluding carboxylic acids is 1. The zero-order valence-corrected chi connectivity index (χ0v) is 11.3. The van der Waals surface area contributed by atoms with Gasteiger partial charge in [-0.15, -0.1) is 5.10 Å². The average molecular weight is 255 g/mol. The van der Waals surface area contributed by atoms with Crippen molar-refractivity contribution < 1.29 is 9.21 Å². The van der Waals surface area contributed by atoms with Crippen LogP contribution in [0.3, 0.4) is 0 Å². The molecular weight excluding hydrogens is 234 g/mol. The number of carbonyl (C=O) groups is 1. The Bertz CT molecular complexity index is 383. The summed E-state index contributed by atoms with van der Waals surface area (Å²) in [7, 11) is 1.80. The lowest BCUT2D eigenvalue weighted by atomic mass is 10.1. The van der Waals surface area contributed by atoms with Crippen molar-refractivity contribution >= 4 is 11.9 Å². The number of nitrogens with zero attached hydrogens (tertiary/aromatic N) is 2. The summed E-state index contributed by atoms with van der Waals surface area (Å²) in [6, 6.07) is 0.337. The van der Waals surface area contributed by atoms with Gasteiger partial charge in [0.05, 0.1) is 6.54 Å². The monoisotopic (exact) mass is 255 g/mol. The van der Waals surface area contributed by atoms with Gasteiger partial charge in [-0.3, -0.25) is 4.79 Å². The van der Waals surface area contributed by atoms with E-state index >= 15 is 0 Å². The second kappa shape index (κ2) is 6.34. The van der Waals surface area contributed by atoms with Crippen LogP contribution in [0.2, 0.25) is 0 Å². The van der Waals surface area contributed by atoms with Gasteiger partial charge < -0.3 is 20.4 Å². The van der Waals surface area contributed by atoms with Crippen LogP contribution in [0.5, 0.6) is 0 Å². The van der Waals surface area contributed by atoms with Crippen LogP contribution < -0.4 is 16.0 Å². The lowest BCUT2D eigenvalue weighted by Crippen LogP contribution is -2.41. The van der Waals surface area contributed by atoms with E-state index in [1.54, 1.807) is 7.05 Å². The number of nitrogens with one attached hydrogen (secondary N) is 3. The van der Waals surface area contributed by atoms with Gasteiger partial charge in [-0.05, 0) is 27.8 Å². The van der Waals surface area contributed by atoms with E-state index in [2.05, 4.69) is 26.1 Å². The maximum Gasteiger partial charge on any atom is 0.315 e. The van der Waals surface area contributed by atoms with E-state index in [1.807, 2.05) is 20.8 Å². The molecule has 0 aromatic carbocycles. The van der Waals surface area contributed by atoms with Crippen LogP contribution in [-0.2, 0) is 11.3 Å². The molecular formula is C11H21N5O2. The number of rotatable bonds is 6. The molecule has 0 saturated carbocycles. The molecule has 0 unspecified atom stereocenters. The third kappa shape index (κ3) is 5.62. The summed E-state index contributed by atoms with van der Waals surface area (Å²) in [6.45, 7) is 6.82. The average Bonchev–Trinajstić information content (AvgIpc) is 2.63. The Balaban J connectivity index is 2.26. The molecule has 1 amide bonds. The third-order valence-electron chi connectivity index (χ3n) is 1.94. The molecule has 102 valence electrons. The summed E-state index contributed by atoms with van der Waals surface area (Å²) in [5, 5.41) is 16.3. The topological polar surface area (TPSA) is 92.1 Å². The molecule has 0 aliphatic rings. The highest BCUT2D eigenvalue weighted by atomic mass is 16.4. The highest BCUT2D eigenvalue weighted by Crippen LogP contribution is 2.05. The Hall–Kier alpha value is -1.63. The molecule has 0 atom stereocenters. The standard InChI is InChI=1S/C11H21N5O2/c1-11(2,3)14-8(17)5-6-13-10-16-15-9(18-10)7-12-4/h12H,5-7H2,1-4H3,(H,13,16)(H,14,17). The van der Waals surface area contributed by atoms with Crippen molar-refractivity contribution in [3.05, 3.63) is 5.89 Å². The van der Waals surface area contributed by atoms with Gasteiger partial charge in [0, 0.05) is 18.5 Å². The first-order valence-electron chi connectivity index (χ1n) is 5.92. The SMILES string of the molecule is CNCc1nnc(NCCC(=O)NC(C)(C)C)o1. The lowest BCUT2D eigenvalue weighted by molar-refractivity contribution is -0.122. The summed E-state index contributed by atoms with van der Waals surface area (Å²) < 4.78 is 5.28. The maximum absolute atomic E-state index is 11.5. The highest BCUT2D eigenvalue weighted by molar-refractivity contribution is 5.77. The van der Waals surface area contributed by atoms with Crippen molar-refractivity contribution in [2.75, 3.05) is 18.9 Å². The van der Waals surface area contributed by atoms with Gasteiger partial charge in [0.25, 0.3) is 0 Å². The Morgan fingerprint density at radius 2 is 2.06 bits per heavy atom. The van der Waals surface area contributed by atoms with Crippen LogP contribution in [0.1, 0.15) is 33.1 Å². The summed E-state index contributed by atoms with van der Waals surface area (Å²) in [5.74, 6) is 0.504. The largest absolute Gasteiger partial charge is 0.407 e. The minimum Gasteiger partial charge on any atom is -0.407 e. The maximum atomic E-state index is 11.5. The molecule has 0 fully saturated rings. The first-order chi connectivity index (χ1) is 8.40. The minimum absolute atomic E-state index is 0.00929. The second-order valence-electron chi connectivity index (χ2n) is 5.01. The van der Waals surface area contributed by atoms with Crippen LogP contribution >= 0.6 is 0 Å². The van der Waals surface area contributed by atoms with Gasteiger partial charge in [0.15, 0.2) is 0 Å². The predicted octanol–water partition coefficient (Wildman–Crippen LogP) is 0.506. The summed E-state index contributed by atoms with van der Waals surface area (Å²) in [6.07, 6.45) is 0.362. The van der Waals surface area contributed by atoms with E-state index in [4.69, 9.17) is 4.42 Å². The number of amides is 1. The molecule has 1 heterocycles. The lowest BCUT2D eigenvalue weighted by Gasteiger charge is -2.20. The summed E-state index contributed by atoms with van der Waals surface area (Å²) in [5.41, 5.74) is -0.207. The fraction of sp³-hybridized carbons (Fsp3) is 0.727. The van der Waals surface area contributed by atoms with Crippen molar-refractivity contribution in [3.8, 4) is 0 Å². The van der Waals surface area contributed by atoms with Crippen LogP contribution in [0.4, 0.5) is 6.01 Å². The van der Waals surface area contributed by atoms with Gasteiger partial charge >= 0.3 is 6.01 Å². The van der Waals surface area contributed by atoms with Crippen LogP contribution in [0.25, 0.3) is 0 Å². The Morgan fingerprint density at radius 1 is 1.33 bits per heavy atom.